The van der Waals surface area contributed by atoms with Crippen LogP contribution in [-0.4, -0.2) is 50.1 Å². The molecule has 11 nitrogen and oxygen atoms in total. The van der Waals surface area contributed by atoms with E-state index in [1.807, 2.05) is 0 Å². The highest BCUT2D eigenvalue weighted by Gasteiger charge is 2.35. The van der Waals surface area contributed by atoms with E-state index >= 15 is 0 Å². The molecule has 0 atom stereocenters. The number of nitrogens with zero attached hydrogens (tertiary/aromatic N) is 5. The van der Waals surface area contributed by atoms with E-state index in [1.54, 1.807) is 13.8 Å². The Morgan fingerprint density at radius 2 is 1.72 bits per heavy atom. The number of fused-ring (bicyclic) bond motifs is 1. The number of nitrogens with one attached hydrogen (secondary N) is 1. The highest BCUT2D eigenvalue weighted by Crippen LogP contribution is 2.32. The molecule has 0 saturated heterocycles. The van der Waals surface area contributed by atoms with Crippen molar-refractivity contribution in [2.75, 3.05) is 20.8 Å². The van der Waals surface area contributed by atoms with Crippen molar-refractivity contribution in [2.45, 2.75) is 37.3 Å². The van der Waals surface area contributed by atoms with Gasteiger partial charge in [-0.05, 0) is 43.7 Å². The fourth-order valence-electron chi connectivity index (χ4n) is 3.61. The summed E-state index contributed by atoms with van der Waals surface area (Å²) in [5.41, 5.74) is 1.35. The number of anilines is 3. The fourth-order valence-corrected chi connectivity index (χ4v) is 5.25. The summed E-state index contributed by atoms with van der Waals surface area (Å²) in [5.74, 6) is -0.557. The van der Waals surface area contributed by atoms with Gasteiger partial charge in [0.2, 0.25) is 25.0 Å². The number of pyridine rings is 1. The number of aromatic nitrogens is 3. The van der Waals surface area contributed by atoms with Gasteiger partial charge in [0.15, 0.2) is 0 Å². The maximum Gasteiger partial charge on any atom is 0.330 e. The normalized spacial score (nSPS) is 14.2. The minimum Gasteiger partial charge on any atom is -0.288 e. The summed E-state index contributed by atoms with van der Waals surface area (Å²) in [6.07, 6.45) is 3.72. The van der Waals surface area contributed by atoms with Gasteiger partial charge in [-0.1, -0.05) is 12.1 Å². The molecule has 190 valence electrons. The van der Waals surface area contributed by atoms with Crippen molar-refractivity contribution >= 4 is 43.2 Å². The van der Waals surface area contributed by atoms with Crippen LogP contribution in [0.2, 0.25) is 0 Å². The number of hydrogen-bond acceptors (Lipinski definition) is 8. The molecule has 3 aromatic rings. The molecule has 0 aliphatic carbocycles. The predicted octanol–water partition coefficient (Wildman–Crippen LogP) is 2.71. The lowest BCUT2D eigenvalue weighted by Crippen LogP contribution is -2.51. The molecular weight excluding hydrogens is 511 g/mol. The lowest BCUT2D eigenvalue weighted by molar-refractivity contribution is 0.248. The van der Waals surface area contributed by atoms with Gasteiger partial charge in [0.25, 0.3) is 0 Å². The highest BCUT2D eigenvalue weighted by molar-refractivity contribution is 7.92. The summed E-state index contributed by atoms with van der Waals surface area (Å²) >= 11 is 0. The molecule has 36 heavy (non-hydrogen) atoms. The van der Waals surface area contributed by atoms with Crippen molar-refractivity contribution in [2.24, 2.45) is 0 Å². The average molecular weight is 535 g/mol. The van der Waals surface area contributed by atoms with Crippen LogP contribution in [0.3, 0.4) is 0 Å². The standard InChI is InChI=1S/C22H23FN6O5S2/c1-14(2)29-20-16(10-25-21(26-20)35(3,31)32)12-28(22(29)30)18-8-9-19(24-11-18)27-36(33,34)13-15-4-6-17(23)7-5-15/h4-11,14H,12-13H2,1-3H3,(H,24,27). The zero-order valence-corrected chi connectivity index (χ0v) is 21.2. The van der Waals surface area contributed by atoms with Crippen LogP contribution in [0.25, 0.3) is 0 Å². The predicted molar refractivity (Wildman–Crippen MR) is 131 cm³/mol. The van der Waals surface area contributed by atoms with E-state index in [1.165, 1.54) is 58.6 Å². The topological polar surface area (TPSA) is 143 Å². The second kappa shape index (κ2) is 9.43. The second-order valence-corrected chi connectivity index (χ2v) is 12.1. The smallest absolute Gasteiger partial charge is 0.288 e. The molecule has 1 aliphatic heterocycles. The molecular formula is C22H23FN6O5S2. The molecule has 1 N–H and O–H groups in total. The third kappa shape index (κ3) is 5.44. The minimum absolute atomic E-state index is 0.0487. The van der Waals surface area contributed by atoms with E-state index < -0.39 is 31.7 Å². The van der Waals surface area contributed by atoms with Crippen LogP contribution >= 0.6 is 0 Å². The van der Waals surface area contributed by atoms with Crippen molar-refractivity contribution in [1.82, 2.24) is 15.0 Å². The summed E-state index contributed by atoms with van der Waals surface area (Å²) in [4.78, 5) is 28.3. The maximum atomic E-state index is 13.3. The van der Waals surface area contributed by atoms with Crippen molar-refractivity contribution in [3.8, 4) is 0 Å². The Morgan fingerprint density at radius 1 is 1.03 bits per heavy atom. The van der Waals surface area contributed by atoms with Crippen LogP contribution in [0, 0.1) is 5.82 Å². The quantitative estimate of drug-likeness (QED) is 0.456. The van der Waals surface area contributed by atoms with Gasteiger partial charge in [0, 0.05) is 24.1 Å². The number of carbonyl (C=O) groups is 1. The second-order valence-electron chi connectivity index (χ2n) is 8.50. The monoisotopic (exact) mass is 534 g/mol. The van der Waals surface area contributed by atoms with Gasteiger partial charge < -0.3 is 0 Å². The lowest BCUT2D eigenvalue weighted by atomic mass is 10.1. The van der Waals surface area contributed by atoms with Crippen LogP contribution in [0.4, 0.5) is 26.5 Å². The van der Waals surface area contributed by atoms with Crippen LogP contribution in [0.1, 0.15) is 25.0 Å². The molecule has 0 radical (unpaired) electrons. The Hall–Kier alpha value is -3.65. The number of hydrogen-bond donors (Lipinski definition) is 1. The Morgan fingerprint density at radius 3 is 2.31 bits per heavy atom. The summed E-state index contributed by atoms with van der Waals surface area (Å²) < 4.78 is 64.2. The van der Waals surface area contributed by atoms with Gasteiger partial charge in [-0.2, -0.15) is 0 Å². The summed E-state index contributed by atoms with van der Waals surface area (Å²) in [7, 11) is -7.48. The molecule has 1 aliphatic rings. The van der Waals surface area contributed by atoms with Crippen LogP contribution in [0.15, 0.2) is 53.9 Å². The number of amides is 2. The largest absolute Gasteiger partial charge is 0.330 e. The van der Waals surface area contributed by atoms with Gasteiger partial charge in [-0.15, -0.1) is 0 Å². The summed E-state index contributed by atoms with van der Waals surface area (Å²) in [6.45, 7) is 3.61. The first-order chi connectivity index (χ1) is 16.8. The van der Waals surface area contributed by atoms with E-state index in [9.17, 15) is 26.0 Å². The van der Waals surface area contributed by atoms with Crippen LogP contribution in [-0.2, 0) is 32.2 Å². The Labute approximate surface area is 208 Å². The molecule has 0 spiro atoms. The van der Waals surface area contributed by atoms with Crippen molar-refractivity contribution in [3.63, 3.8) is 0 Å². The molecule has 4 rings (SSSR count). The van der Waals surface area contributed by atoms with Crippen LogP contribution < -0.4 is 14.5 Å². The third-order valence-electron chi connectivity index (χ3n) is 5.25. The van der Waals surface area contributed by atoms with Crippen molar-refractivity contribution in [3.05, 3.63) is 65.7 Å². The number of halogens is 1. The summed E-state index contributed by atoms with van der Waals surface area (Å²) in [6, 6.07) is 7.30. The van der Waals surface area contributed by atoms with Gasteiger partial charge in [-0.3, -0.25) is 14.5 Å². The first-order valence-corrected chi connectivity index (χ1v) is 14.3. The van der Waals surface area contributed by atoms with E-state index in [4.69, 9.17) is 0 Å². The van der Waals surface area contributed by atoms with E-state index in [2.05, 4.69) is 19.7 Å². The molecule has 0 unspecified atom stereocenters. The van der Waals surface area contributed by atoms with Gasteiger partial charge in [-0.25, -0.2) is 41.0 Å². The number of sulfone groups is 1. The molecule has 3 heterocycles. The van der Waals surface area contributed by atoms with Crippen molar-refractivity contribution < 1.29 is 26.0 Å². The summed E-state index contributed by atoms with van der Waals surface area (Å²) in [5, 5.41) is -0.368. The molecule has 1 aromatic carbocycles. The number of sulfonamides is 1. The Kier molecular flexibility index (Phi) is 6.66. The molecule has 0 fully saturated rings. The number of carbonyl (C=O) groups excluding carboxylic acids is 1. The molecule has 2 amide bonds. The van der Waals surface area contributed by atoms with Crippen molar-refractivity contribution in [1.29, 1.82) is 0 Å². The van der Waals surface area contributed by atoms with Gasteiger partial charge >= 0.3 is 6.03 Å². The highest BCUT2D eigenvalue weighted by atomic mass is 32.2. The minimum atomic E-state index is -3.81. The van der Waals surface area contributed by atoms with E-state index in [0.29, 0.717) is 16.8 Å². The fraction of sp³-hybridized carbons (Fsp3) is 0.273. The SMILES string of the molecule is CC(C)N1C(=O)N(c2ccc(NS(=O)(=O)Cc3ccc(F)cc3)nc2)Cc2cnc(S(C)(=O)=O)nc21. The first-order valence-electron chi connectivity index (χ1n) is 10.7. The average Bonchev–Trinajstić information content (AvgIpc) is 2.79. The maximum absolute atomic E-state index is 13.3. The van der Waals surface area contributed by atoms with Gasteiger partial charge in [0.05, 0.1) is 24.2 Å². The zero-order chi connectivity index (χ0) is 26.3. The number of rotatable bonds is 7. The molecule has 0 bridgehead atoms. The zero-order valence-electron chi connectivity index (χ0n) is 19.6. The van der Waals surface area contributed by atoms with E-state index in [0.717, 1.165) is 6.26 Å². The molecule has 0 saturated carbocycles. The first kappa shape index (κ1) is 25.4. The third-order valence-corrected chi connectivity index (χ3v) is 7.34. The van der Waals surface area contributed by atoms with Gasteiger partial charge in [0.1, 0.15) is 17.5 Å². The van der Waals surface area contributed by atoms with Crippen LogP contribution in [0.5, 0.6) is 0 Å². The molecule has 2 aromatic heterocycles. The Balaban J connectivity index is 1.56. The molecule has 14 heteroatoms. The number of urea groups is 1. The lowest BCUT2D eigenvalue weighted by Gasteiger charge is -2.38. The van der Waals surface area contributed by atoms with E-state index in [-0.39, 0.29) is 35.1 Å². The Bertz CT molecular complexity index is 1510. The number of benzene rings is 1.